The predicted molar refractivity (Wildman–Crippen MR) is 82.6 cm³/mol. The minimum absolute atomic E-state index is 0.553. The average Bonchev–Trinajstić information content (AvgIpc) is 2.85. The van der Waals surface area contributed by atoms with Gasteiger partial charge in [-0.15, -0.1) is 0 Å². The van der Waals surface area contributed by atoms with Crippen LogP contribution in [-0.4, -0.2) is 19.1 Å². The van der Waals surface area contributed by atoms with E-state index in [0.717, 1.165) is 13.1 Å². The molecule has 2 aliphatic heterocycles. The van der Waals surface area contributed by atoms with Crippen LogP contribution in [0.2, 0.25) is 0 Å². The zero-order valence-corrected chi connectivity index (χ0v) is 12.0. The Labute approximate surface area is 121 Å². The van der Waals surface area contributed by atoms with Gasteiger partial charge in [-0.3, -0.25) is 0 Å². The predicted octanol–water partition coefficient (Wildman–Crippen LogP) is 2.87. The molecule has 2 heteroatoms. The molecule has 2 N–H and O–H groups in total. The minimum atomic E-state index is 0.553. The number of fused-ring (bicyclic) bond motifs is 2. The maximum atomic E-state index is 3.73. The van der Waals surface area contributed by atoms with E-state index in [4.69, 9.17) is 0 Å². The Morgan fingerprint density at radius 3 is 3.00 bits per heavy atom. The smallest absolute Gasteiger partial charge is 0.0351 e. The van der Waals surface area contributed by atoms with E-state index in [1.165, 1.54) is 29.7 Å². The Balaban J connectivity index is 1.61. The van der Waals surface area contributed by atoms with Crippen LogP contribution in [0.5, 0.6) is 0 Å². The SMILES string of the molecule is Cc1ccccc1C1C=CC2=C(C1)[C@@H]1CNCC[C@@H]1N2. The summed E-state index contributed by atoms with van der Waals surface area (Å²) in [7, 11) is 0. The molecule has 0 radical (unpaired) electrons. The van der Waals surface area contributed by atoms with E-state index in [1.54, 1.807) is 5.57 Å². The summed E-state index contributed by atoms with van der Waals surface area (Å²) in [6.45, 7) is 4.52. The topological polar surface area (TPSA) is 24.1 Å². The molecule has 2 nitrogen and oxygen atoms in total. The van der Waals surface area contributed by atoms with Gasteiger partial charge in [0.25, 0.3) is 0 Å². The van der Waals surface area contributed by atoms with Crippen LogP contribution in [0.1, 0.15) is 29.9 Å². The zero-order chi connectivity index (χ0) is 13.5. The van der Waals surface area contributed by atoms with Gasteiger partial charge in [0, 0.05) is 30.1 Å². The highest BCUT2D eigenvalue weighted by molar-refractivity contribution is 5.43. The summed E-state index contributed by atoms with van der Waals surface area (Å²) in [6.07, 6.45) is 7.15. The maximum absolute atomic E-state index is 3.73. The monoisotopic (exact) mass is 266 g/mol. The lowest BCUT2D eigenvalue weighted by molar-refractivity contribution is 0.353. The van der Waals surface area contributed by atoms with Gasteiger partial charge in [-0.25, -0.2) is 0 Å². The first-order valence-electron chi connectivity index (χ1n) is 7.77. The lowest BCUT2D eigenvalue weighted by atomic mass is 9.79. The molecule has 1 fully saturated rings. The van der Waals surface area contributed by atoms with Crippen LogP contribution < -0.4 is 10.6 Å². The number of nitrogens with one attached hydrogen (secondary N) is 2. The first kappa shape index (κ1) is 12.2. The van der Waals surface area contributed by atoms with Gasteiger partial charge < -0.3 is 10.6 Å². The van der Waals surface area contributed by atoms with E-state index in [0.29, 0.717) is 17.9 Å². The van der Waals surface area contributed by atoms with Crippen molar-refractivity contribution in [3.8, 4) is 0 Å². The molecule has 0 bridgehead atoms. The Morgan fingerprint density at radius 2 is 2.10 bits per heavy atom. The molecule has 1 aromatic rings. The quantitative estimate of drug-likeness (QED) is 0.817. The first-order chi connectivity index (χ1) is 9.83. The molecule has 0 amide bonds. The molecular formula is C18H22N2. The van der Waals surface area contributed by atoms with Gasteiger partial charge in [0.1, 0.15) is 0 Å². The standard InChI is InChI=1S/C18H22N2/c1-12-4-2-3-5-14(12)13-6-7-17-15(10-13)16-11-19-9-8-18(16)20-17/h2-7,13,16,18-20H,8-11H2,1H3/t13?,16-,18-/m0/s1. The van der Waals surface area contributed by atoms with Crippen LogP contribution in [-0.2, 0) is 0 Å². The molecule has 1 aliphatic carbocycles. The summed E-state index contributed by atoms with van der Waals surface area (Å²) in [5, 5.41) is 7.29. The van der Waals surface area contributed by atoms with Crippen LogP contribution in [0.25, 0.3) is 0 Å². The highest BCUT2D eigenvalue weighted by Gasteiger charge is 2.37. The fraction of sp³-hybridized carbons (Fsp3) is 0.444. The van der Waals surface area contributed by atoms with Crippen LogP contribution in [0.3, 0.4) is 0 Å². The van der Waals surface area contributed by atoms with Crippen molar-refractivity contribution in [2.24, 2.45) is 5.92 Å². The molecule has 1 saturated heterocycles. The Hall–Kier alpha value is -1.54. The highest BCUT2D eigenvalue weighted by atomic mass is 15.0. The third-order valence-corrected chi connectivity index (χ3v) is 5.14. The highest BCUT2D eigenvalue weighted by Crippen LogP contribution is 2.40. The lowest BCUT2D eigenvalue weighted by Gasteiger charge is -2.29. The number of piperidine rings is 1. The zero-order valence-electron chi connectivity index (χ0n) is 12.0. The van der Waals surface area contributed by atoms with E-state index in [9.17, 15) is 0 Å². The number of rotatable bonds is 1. The van der Waals surface area contributed by atoms with Crippen molar-refractivity contribution in [3.63, 3.8) is 0 Å². The van der Waals surface area contributed by atoms with Gasteiger partial charge in [-0.05, 0) is 49.1 Å². The van der Waals surface area contributed by atoms with Crippen LogP contribution in [0.4, 0.5) is 0 Å². The molecule has 20 heavy (non-hydrogen) atoms. The van der Waals surface area contributed by atoms with E-state index >= 15 is 0 Å². The van der Waals surface area contributed by atoms with Crippen molar-refractivity contribution in [3.05, 3.63) is 58.8 Å². The summed E-state index contributed by atoms with van der Waals surface area (Å²) in [5.41, 5.74) is 5.96. The normalized spacial score (nSPS) is 31.8. The molecule has 1 unspecified atom stereocenters. The van der Waals surface area contributed by atoms with Gasteiger partial charge in [-0.1, -0.05) is 30.3 Å². The van der Waals surface area contributed by atoms with E-state index in [1.807, 2.05) is 0 Å². The summed E-state index contributed by atoms with van der Waals surface area (Å²) in [5.74, 6) is 1.26. The number of aryl methyl sites for hydroxylation is 1. The van der Waals surface area contributed by atoms with E-state index < -0.39 is 0 Å². The molecule has 0 saturated carbocycles. The second-order valence-electron chi connectivity index (χ2n) is 6.32. The minimum Gasteiger partial charge on any atom is -0.382 e. The van der Waals surface area contributed by atoms with Gasteiger partial charge in [-0.2, -0.15) is 0 Å². The number of hydrogen-bond donors (Lipinski definition) is 2. The number of allylic oxidation sites excluding steroid dienone is 2. The lowest BCUT2D eigenvalue weighted by Crippen LogP contribution is -2.43. The molecule has 3 atom stereocenters. The summed E-state index contributed by atoms with van der Waals surface area (Å²) in [6, 6.07) is 9.48. The molecule has 3 aliphatic rings. The third kappa shape index (κ3) is 1.90. The van der Waals surface area contributed by atoms with E-state index in [-0.39, 0.29) is 0 Å². The molecule has 4 rings (SSSR count). The Bertz CT molecular complexity index is 585. The number of hydrogen-bond acceptors (Lipinski definition) is 2. The van der Waals surface area contributed by atoms with Crippen LogP contribution in [0.15, 0.2) is 47.7 Å². The van der Waals surface area contributed by atoms with Crippen molar-refractivity contribution < 1.29 is 0 Å². The van der Waals surface area contributed by atoms with Crippen LogP contribution >= 0.6 is 0 Å². The second kappa shape index (κ2) is 4.78. The molecule has 104 valence electrons. The molecule has 2 heterocycles. The summed E-state index contributed by atoms with van der Waals surface area (Å²) in [4.78, 5) is 0. The van der Waals surface area contributed by atoms with E-state index in [2.05, 4.69) is 54.0 Å². The second-order valence-corrected chi connectivity index (χ2v) is 6.32. The van der Waals surface area contributed by atoms with Crippen molar-refractivity contribution in [2.45, 2.75) is 31.7 Å². The summed E-state index contributed by atoms with van der Waals surface area (Å²) >= 11 is 0. The van der Waals surface area contributed by atoms with Crippen molar-refractivity contribution >= 4 is 0 Å². The fourth-order valence-corrected chi connectivity index (χ4v) is 4.04. The third-order valence-electron chi connectivity index (χ3n) is 5.14. The number of benzene rings is 1. The molecule has 0 spiro atoms. The van der Waals surface area contributed by atoms with Gasteiger partial charge in [0.15, 0.2) is 0 Å². The van der Waals surface area contributed by atoms with Gasteiger partial charge in [0.05, 0.1) is 0 Å². The molecular weight excluding hydrogens is 244 g/mol. The molecule has 0 aromatic heterocycles. The first-order valence-corrected chi connectivity index (χ1v) is 7.77. The Morgan fingerprint density at radius 1 is 1.20 bits per heavy atom. The van der Waals surface area contributed by atoms with Crippen molar-refractivity contribution in [2.75, 3.05) is 13.1 Å². The van der Waals surface area contributed by atoms with Crippen LogP contribution in [0, 0.1) is 12.8 Å². The van der Waals surface area contributed by atoms with Gasteiger partial charge >= 0.3 is 0 Å². The maximum Gasteiger partial charge on any atom is 0.0351 e. The summed E-state index contributed by atoms with van der Waals surface area (Å²) < 4.78 is 0. The van der Waals surface area contributed by atoms with Crippen molar-refractivity contribution in [1.29, 1.82) is 0 Å². The fourth-order valence-electron chi connectivity index (χ4n) is 4.04. The van der Waals surface area contributed by atoms with Crippen molar-refractivity contribution in [1.82, 2.24) is 10.6 Å². The van der Waals surface area contributed by atoms with Gasteiger partial charge in [0.2, 0.25) is 0 Å². The largest absolute Gasteiger partial charge is 0.382 e. The Kier molecular flexibility index (Phi) is 2.92. The molecule has 1 aromatic carbocycles. The average molecular weight is 266 g/mol.